The van der Waals surface area contributed by atoms with Crippen molar-refractivity contribution < 1.29 is 15.0 Å². The van der Waals surface area contributed by atoms with E-state index < -0.39 is 11.6 Å². The summed E-state index contributed by atoms with van der Waals surface area (Å²) in [5, 5.41) is 18.1. The number of hydrogen-bond donors (Lipinski definition) is 2. The summed E-state index contributed by atoms with van der Waals surface area (Å²) in [5.41, 5.74) is -0.535. The van der Waals surface area contributed by atoms with Gasteiger partial charge in [-0.05, 0) is 32.7 Å². The van der Waals surface area contributed by atoms with Gasteiger partial charge in [0.25, 0.3) is 0 Å². The molecule has 14 heavy (non-hydrogen) atoms. The third-order valence-corrected chi connectivity index (χ3v) is 2.65. The third-order valence-electron chi connectivity index (χ3n) is 2.65. The van der Waals surface area contributed by atoms with Crippen LogP contribution in [0.2, 0.25) is 0 Å². The maximum Gasteiger partial charge on any atom is 0.303 e. The van der Waals surface area contributed by atoms with Crippen LogP contribution in [0.4, 0.5) is 0 Å². The number of carbonyl (C=O) groups is 1. The van der Waals surface area contributed by atoms with Crippen molar-refractivity contribution in [1.82, 2.24) is 4.90 Å². The highest BCUT2D eigenvalue weighted by Crippen LogP contribution is 2.20. The maximum atomic E-state index is 10.2. The molecule has 1 fully saturated rings. The lowest BCUT2D eigenvalue weighted by molar-refractivity contribution is -0.137. The molecule has 1 rings (SSSR count). The number of aliphatic carboxylic acids is 1. The number of carboxylic acids is 1. The second kappa shape index (κ2) is 4.75. The lowest BCUT2D eigenvalue weighted by atomic mass is 10.1. The first-order valence-electron chi connectivity index (χ1n) is 5.16. The molecule has 2 N–H and O–H groups in total. The Morgan fingerprint density at radius 3 is 2.71 bits per heavy atom. The van der Waals surface area contributed by atoms with E-state index in [0.717, 1.165) is 38.9 Å². The van der Waals surface area contributed by atoms with Gasteiger partial charge < -0.3 is 15.1 Å². The molecule has 1 heterocycles. The maximum absolute atomic E-state index is 10.2. The van der Waals surface area contributed by atoms with Crippen molar-refractivity contribution in [3.8, 4) is 0 Å². The molecule has 0 aromatic heterocycles. The third kappa shape index (κ3) is 4.07. The SMILES string of the molecule is CC1(O)CCN(CCCCC(=O)O)C1. The molecule has 0 radical (unpaired) electrons. The minimum Gasteiger partial charge on any atom is -0.481 e. The lowest BCUT2D eigenvalue weighted by Gasteiger charge is -2.18. The van der Waals surface area contributed by atoms with E-state index in [9.17, 15) is 9.90 Å². The number of likely N-dealkylation sites (tertiary alicyclic amines) is 1. The van der Waals surface area contributed by atoms with Crippen molar-refractivity contribution in [2.45, 2.75) is 38.2 Å². The number of unbranched alkanes of at least 4 members (excludes halogenated alkanes) is 1. The number of carboxylic acid groups (broad SMARTS) is 1. The van der Waals surface area contributed by atoms with Gasteiger partial charge in [0, 0.05) is 19.5 Å². The molecule has 1 atom stereocenters. The molecular formula is C10H19NO3. The monoisotopic (exact) mass is 201 g/mol. The minimum atomic E-state index is -0.724. The summed E-state index contributed by atoms with van der Waals surface area (Å²) in [6, 6.07) is 0. The van der Waals surface area contributed by atoms with Crippen LogP contribution in [0.3, 0.4) is 0 Å². The molecular weight excluding hydrogens is 182 g/mol. The number of aliphatic hydroxyl groups is 1. The van der Waals surface area contributed by atoms with Gasteiger partial charge in [-0.25, -0.2) is 0 Å². The standard InChI is InChI=1S/C10H19NO3/c1-10(14)5-7-11(8-10)6-3-2-4-9(12)13/h14H,2-8H2,1H3,(H,12,13). The summed E-state index contributed by atoms with van der Waals surface area (Å²) < 4.78 is 0. The second-order valence-corrected chi connectivity index (χ2v) is 4.37. The molecule has 0 saturated carbocycles. The van der Waals surface area contributed by atoms with Crippen LogP contribution < -0.4 is 0 Å². The van der Waals surface area contributed by atoms with Gasteiger partial charge in [0.15, 0.2) is 0 Å². The van der Waals surface area contributed by atoms with Crippen molar-refractivity contribution >= 4 is 5.97 Å². The van der Waals surface area contributed by atoms with Gasteiger partial charge in [0.1, 0.15) is 0 Å². The summed E-state index contributed by atoms with van der Waals surface area (Å²) in [7, 11) is 0. The zero-order valence-corrected chi connectivity index (χ0v) is 8.70. The molecule has 0 spiro atoms. The van der Waals surface area contributed by atoms with Crippen LogP contribution in [0, 0.1) is 0 Å². The highest BCUT2D eigenvalue weighted by molar-refractivity contribution is 5.66. The lowest BCUT2D eigenvalue weighted by Crippen LogP contribution is -2.30. The fourth-order valence-electron chi connectivity index (χ4n) is 1.84. The Morgan fingerprint density at radius 1 is 1.50 bits per heavy atom. The Morgan fingerprint density at radius 2 is 2.21 bits per heavy atom. The highest BCUT2D eigenvalue weighted by Gasteiger charge is 2.30. The molecule has 4 heteroatoms. The van der Waals surface area contributed by atoms with E-state index in [1.54, 1.807) is 0 Å². The average Bonchev–Trinajstić information content (AvgIpc) is 2.39. The van der Waals surface area contributed by atoms with Crippen LogP contribution in [0.25, 0.3) is 0 Å². The Kier molecular flexibility index (Phi) is 3.89. The van der Waals surface area contributed by atoms with E-state index in [2.05, 4.69) is 4.90 Å². The van der Waals surface area contributed by atoms with Crippen LogP contribution in [0.15, 0.2) is 0 Å². The molecule has 4 nitrogen and oxygen atoms in total. The van der Waals surface area contributed by atoms with Crippen LogP contribution in [0.5, 0.6) is 0 Å². The smallest absolute Gasteiger partial charge is 0.303 e. The van der Waals surface area contributed by atoms with Crippen molar-refractivity contribution in [1.29, 1.82) is 0 Å². The minimum absolute atomic E-state index is 0.254. The van der Waals surface area contributed by atoms with Crippen molar-refractivity contribution in [2.24, 2.45) is 0 Å². The van der Waals surface area contributed by atoms with Crippen molar-refractivity contribution in [2.75, 3.05) is 19.6 Å². The average molecular weight is 201 g/mol. The van der Waals surface area contributed by atoms with Gasteiger partial charge in [0.2, 0.25) is 0 Å². The Bertz CT molecular complexity index is 204. The Balaban J connectivity index is 2.06. The molecule has 1 unspecified atom stereocenters. The molecule has 1 aliphatic rings. The Labute approximate surface area is 84.5 Å². The normalized spacial score (nSPS) is 28.1. The fraction of sp³-hybridized carbons (Fsp3) is 0.900. The van der Waals surface area contributed by atoms with Crippen LogP contribution in [0.1, 0.15) is 32.6 Å². The molecule has 82 valence electrons. The second-order valence-electron chi connectivity index (χ2n) is 4.37. The number of nitrogens with zero attached hydrogens (tertiary/aromatic N) is 1. The zero-order valence-electron chi connectivity index (χ0n) is 8.70. The first-order chi connectivity index (χ1) is 6.49. The number of β-amino-alcohol motifs (C(OH)–C–C–N with tert-alkyl or cyclic N) is 1. The van der Waals surface area contributed by atoms with Gasteiger partial charge in [-0.15, -0.1) is 0 Å². The van der Waals surface area contributed by atoms with Gasteiger partial charge in [0.05, 0.1) is 5.60 Å². The topological polar surface area (TPSA) is 60.8 Å². The predicted molar refractivity (Wildman–Crippen MR) is 53.2 cm³/mol. The van der Waals surface area contributed by atoms with Gasteiger partial charge in [-0.2, -0.15) is 0 Å². The summed E-state index contributed by atoms with van der Waals surface area (Å²) in [5.74, 6) is -0.724. The van der Waals surface area contributed by atoms with E-state index in [1.807, 2.05) is 6.92 Å². The first-order valence-corrected chi connectivity index (χ1v) is 5.16. The molecule has 0 aromatic carbocycles. The van der Waals surface area contributed by atoms with Crippen molar-refractivity contribution in [3.63, 3.8) is 0 Å². The summed E-state index contributed by atoms with van der Waals surface area (Å²) >= 11 is 0. The molecule has 0 aliphatic carbocycles. The van der Waals surface area contributed by atoms with E-state index in [1.165, 1.54) is 0 Å². The zero-order chi connectivity index (χ0) is 10.6. The van der Waals surface area contributed by atoms with E-state index in [4.69, 9.17) is 5.11 Å². The molecule has 0 amide bonds. The largest absolute Gasteiger partial charge is 0.481 e. The van der Waals surface area contributed by atoms with Gasteiger partial charge >= 0.3 is 5.97 Å². The van der Waals surface area contributed by atoms with Crippen LogP contribution in [-0.2, 0) is 4.79 Å². The van der Waals surface area contributed by atoms with Gasteiger partial charge in [-0.1, -0.05) is 0 Å². The molecule has 0 aromatic rings. The first kappa shape index (κ1) is 11.5. The highest BCUT2D eigenvalue weighted by atomic mass is 16.4. The van der Waals surface area contributed by atoms with E-state index in [0.29, 0.717) is 0 Å². The Hall–Kier alpha value is -0.610. The molecule has 1 saturated heterocycles. The number of rotatable bonds is 5. The van der Waals surface area contributed by atoms with Crippen molar-refractivity contribution in [3.05, 3.63) is 0 Å². The van der Waals surface area contributed by atoms with E-state index >= 15 is 0 Å². The fourth-order valence-corrected chi connectivity index (χ4v) is 1.84. The van der Waals surface area contributed by atoms with Crippen LogP contribution in [-0.4, -0.2) is 46.3 Å². The van der Waals surface area contributed by atoms with Gasteiger partial charge in [-0.3, -0.25) is 4.79 Å². The summed E-state index contributed by atoms with van der Waals surface area (Å²) in [6.07, 6.45) is 2.71. The van der Waals surface area contributed by atoms with Crippen LogP contribution >= 0.6 is 0 Å². The van der Waals surface area contributed by atoms with E-state index in [-0.39, 0.29) is 6.42 Å². The number of hydrogen-bond acceptors (Lipinski definition) is 3. The molecule has 0 bridgehead atoms. The molecule has 1 aliphatic heterocycles. The summed E-state index contributed by atoms with van der Waals surface area (Å²) in [4.78, 5) is 12.4. The predicted octanol–water partition coefficient (Wildman–Crippen LogP) is 0.698. The quantitative estimate of drug-likeness (QED) is 0.643. The summed E-state index contributed by atoms with van der Waals surface area (Å²) in [6.45, 7) is 4.41.